The van der Waals surface area contributed by atoms with Crippen LogP contribution in [0.5, 0.6) is 0 Å². The van der Waals surface area contributed by atoms with Crippen LogP contribution in [0, 0.1) is 11.8 Å². The lowest BCUT2D eigenvalue weighted by Crippen LogP contribution is -2.17. The van der Waals surface area contributed by atoms with E-state index in [1.807, 2.05) is 0 Å². The molecule has 2 heterocycles. The van der Waals surface area contributed by atoms with Gasteiger partial charge in [-0.2, -0.15) is 10.3 Å². The highest BCUT2D eigenvalue weighted by atomic mass is 15.5. The molecule has 3 rings (SSSR count). The number of aromatic amines is 2. The van der Waals surface area contributed by atoms with Crippen LogP contribution in [-0.2, 0) is 5.41 Å². The molecular formula is C8H11N7. The van der Waals surface area contributed by atoms with E-state index in [0.29, 0.717) is 17.7 Å². The van der Waals surface area contributed by atoms with Gasteiger partial charge in [-0.05, 0) is 11.8 Å². The average molecular weight is 205 g/mol. The molecule has 2 atom stereocenters. The topological polar surface area (TPSA) is 96.0 Å². The van der Waals surface area contributed by atoms with Gasteiger partial charge < -0.3 is 0 Å². The summed E-state index contributed by atoms with van der Waals surface area (Å²) in [5.74, 6) is 2.41. The van der Waals surface area contributed by atoms with Crippen LogP contribution in [0.1, 0.15) is 25.5 Å². The average Bonchev–Trinajstić information content (AvgIpc) is 2.82. The van der Waals surface area contributed by atoms with Gasteiger partial charge in [0, 0.05) is 0 Å². The van der Waals surface area contributed by atoms with Gasteiger partial charge in [0.05, 0.1) is 5.41 Å². The first-order valence-corrected chi connectivity index (χ1v) is 4.87. The minimum atomic E-state index is -0.233. The molecule has 1 fully saturated rings. The van der Waals surface area contributed by atoms with Crippen molar-refractivity contribution in [2.75, 3.05) is 0 Å². The molecule has 0 amide bonds. The summed E-state index contributed by atoms with van der Waals surface area (Å²) < 4.78 is 0. The van der Waals surface area contributed by atoms with E-state index in [9.17, 15) is 0 Å². The quantitative estimate of drug-likeness (QED) is 0.713. The normalized spacial score (nSPS) is 34.3. The van der Waals surface area contributed by atoms with Gasteiger partial charge in [0.2, 0.25) is 0 Å². The van der Waals surface area contributed by atoms with E-state index in [1.165, 1.54) is 6.33 Å². The summed E-state index contributed by atoms with van der Waals surface area (Å²) in [5.41, 5.74) is -0.233. The number of hydrogen-bond acceptors (Lipinski definition) is 5. The zero-order chi connectivity index (χ0) is 10.5. The van der Waals surface area contributed by atoms with Crippen LogP contribution in [0.3, 0.4) is 0 Å². The number of H-pyrrole nitrogens is 2. The van der Waals surface area contributed by atoms with E-state index in [-0.39, 0.29) is 5.41 Å². The lowest BCUT2D eigenvalue weighted by molar-refractivity contribution is 0.626. The smallest absolute Gasteiger partial charge is 0.188 e. The van der Waals surface area contributed by atoms with Gasteiger partial charge in [0.1, 0.15) is 12.2 Å². The third-order valence-corrected chi connectivity index (χ3v) is 3.60. The van der Waals surface area contributed by atoms with Gasteiger partial charge in [0.25, 0.3) is 0 Å². The van der Waals surface area contributed by atoms with Gasteiger partial charge in [-0.15, -0.1) is 10.2 Å². The molecule has 15 heavy (non-hydrogen) atoms. The Kier molecular flexibility index (Phi) is 1.49. The highest BCUT2D eigenvalue weighted by molar-refractivity contribution is 5.35. The summed E-state index contributed by atoms with van der Waals surface area (Å²) in [7, 11) is 0. The molecule has 1 aliphatic carbocycles. The zero-order valence-corrected chi connectivity index (χ0v) is 8.47. The molecule has 0 aromatic carbocycles. The van der Waals surface area contributed by atoms with Crippen molar-refractivity contribution in [3.05, 3.63) is 18.0 Å². The van der Waals surface area contributed by atoms with E-state index in [4.69, 9.17) is 0 Å². The third-order valence-electron chi connectivity index (χ3n) is 3.60. The summed E-state index contributed by atoms with van der Waals surface area (Å²) in [4.78, 5) is 4.22. The Balaban J connectivity index is 2.14. The molecule has 0 saturated heterocycles. The maximum atomic E-state index is 4.22. The first-order chi connectivity index (χ1) is 7.28. The second kappa shape index (κ2) is 2.62. The third kappa shape index (κ3) is 0.872. The van der Waals surface area contributed by atoms with E-state index in [2.05, 4.69) is 49.7 Å². The summed E-state index contributed by atoms with van der Waals surface area (Å²) in [6.45, 7) is 4.31. The predicted octanol–water partition coefficient (Wildman–Crippen LogP) is -0.110. The van der Waals surface area contributed by atoms with Gasteiger partial charge in [-0.25, -0.2) is 4.98 Å². The number of nitrogens with one attached hydrogen (secondary N) is 2. The Morgan fingerprint density at radius 3 is 2.60 bits per heavy atom. The predicted molar refractivity (Wildman–Crippen MR) is 49.7 cm³/mol. The Bertz CT molecular complexity index is 401. The summed E-state index contributed by atoms with van der Waals surface area (Å²) in [6, 6.07) is 0. The van der Waals surface area contributed by atoms with Gasteiger partial charge in [0.15, 0.2) is 5.82 Å². The fourth-order valence-corrected chi connectivity index (χ4v) is 2.46. The van der Waals surface area contributed by atoms with E-state index < -0.39 is 0 Å². The lowest BCUT2D eigenvalue weighted by atomic mass is 10.0. The molecule has 1 saturated carbocycles. The number of rotatable bonds is 2. The van der Waals surface area contributed by atoms with Crippen molar-refractivity contribution in [3.8, 4) is 0 Å². The van der Waals surface area contributed by atoms with Crippen LogP contribution in [0.4, 0.5) is 0 Å². The lowest BCUT2D eigenvalue weighted by Gasteiger charge is -2.08. The standard InChI is InChI=1S/C8H11N7/c1-4-5(2)8(4,6-9-3-10-11-6)7-12-14-15-13-7/h3-5H,1-2H3,(H,9,10,11)(H,12,13,14,15). The summed E-state index contributed by atoms with van der Waals surface area (Å²) in [6.07, 6.45) is 1.51. The zero-order valence-electron chi connectivity index (χ0n) is 8.47. The maximum absolute atomic E-state index is 4.22. The van der Waals surface area contributed by atoms with E-state index in [1.54, 1.807) is 0 Å². The van der Waals surface area contributed by atoms with Crippen molar-refractivity contribution >= 4 is 0 Å². The molecule has 0 aliphatic heterocycles. The van der Waals surface area contributed by atoms with Crippen LogP contribution >= 0.6 is 0 Å². The number of aromatic nitrogens is 7. The first kappa shape index (κ1) is 8.51. The molecule has 7 heteroatoms. The highest BCUT2D eigenvalue weighted by Crippen LogP contribution is 2.61. The molecule has 2 N–H and O–H groups in total. The summed E-state index contributed by atoms with van der Waals surface area (Å²) in [5, 5.41) is 21.0. The van der Waals surface area contributed by atoms with Gasteiger partial charge in [-0.3, -0.25) is 5.10 Å². The fraction of sp³-hybridized carbons (Fsp3) is 0.625. The molecule has 2 aromatic heterocycles. The van der Waals surface area contributed by atoms with Crippen LogP contribution in [-0.4, -0.2) is 35.8 Å². The first-order valence-electron chi connectivity index (χ1n) is 4.87. The molecule has 7 nitrogen and oxygen atoms in total. The molecule has 78 valence electrons. The molecule has 2 unspecified atom stereocenters. The van der Waals surface area contributed by atoms with E-state index >= 15 is 0 Å². The van der Waals surface area contributed by atoms with Crippen molar-refractivity contribution in [2.45, 2.75) is 19.3 Å². The largest absolute Gasteiger partial charge is 0.262 e. The van der Waals surface area contributed by atoms with Crippen LogP contribution in [0.2, 0.25) is 0 Å². The van der Waals surface area contributed by atoms with Crippen LogP contribution < -0.4 is 0 Å². The molecule has 1 aliphatic rings. The Hall–Kier alpha value is -1.79. The number of tetrazole rings is 1. The maximum Gasteiger partial charge on any atom is 0.188 e. The van der Waals surface area contributed by atoms with Crippen LogP contribution in [0.25, 0.3) is 0 Å². The van der Waals surface area contributed by atoms with Crippen molar-refractivity contribution in [2.24, 2.45) is 11.8 Å². The second-order valence-electron chi connectivity index (χ2n) is 4.02. The highest BCUT2D eigenvalue weighted by Gasteiger charge is 2.66. The SMILES string of the molecule is CC1C(C)C1(c1nn[nH]n1)c1ncn[nH]1. The van der Waals surface area contributed by atoms with Crippen molar-refractivity contribution in [1.82, 2.24) is 35.8 Å². The summed E-state index contributed by atoms with van der Waals surface area (Å²) >= 11 is 0. The van der Waals surface area contributed by atoms with Crippen molar-refractivity contribution in [1.29, 1.82) is 0 Å². The molecule has 0 spiro atoms. The minimum Gasteiger partial charge on any atom is -0.262 e. The molecular weight excluding hydrogens is 194 g/mol. The minimum absolute atomic E-state index is 0.233. The molecule has 0 bridgehead atoms. The van der Waals surface area contributed by atoms with Gasteiger partial charge >= 0.3 is 0 Å². The van der Waals surface area contributed by atoms with Crippen LogP contribution in [0.15, 0.2) is 6.33 Å². The monoisotopic (exact) mass is 205 g/mol. The van der Waals surface area contributed by atoms with Crippen molar-refractivity contribution < 1.29 is 0 Å². The van der Waals surface area contributed by atoms with Crippen molar-refractivity contribution in [3.63, 3.8) is 0 Å². The molecule has 0 radical (unpaired) electrons. The fourth-order valence-electron chi connectivity index (χ4n) is 2.46. The Morgan fingerprint density at radius 2 is 2.13 bits per heavy atom. The Morgan fingerprint density at radius 1 is 1.33 bits per heavy atom. The Labute approximate surface area is 85.7 Å². The van der Waals surface area contributed by atoms with E-state index in [0.717, 1.165) is 5.82 Å². The van der Waals surface area contributed by atoms with Gasteiger partial charge in [-0.1, -0.05) is 19.1 Å². The second-order valence-corrected chi connectivity index (χ2v) is 4.02. The molecule has 2 aromatic rings. The number of hydrogen-bond donors (Lipinski definition) is 2. The number of nitrogens with zero attached hydrogens (tertiary/aromatic N) is 5.